The van der Waals surface area contributed by atoms with Gasteiger partial charge in [0, 0.05) is 64.1 Å². The van der Waals surface area contributed by atoms with E-state index >= 15 is 0 Å². The van der Waals surface area contributed by atoms with Gasteiger partial charge in [0.2, 0.25) is 5.91 Å². The van der Waals surface area contributed by atoms with Crippen LogP contribution in [0.15, 0.2) is 24.3 Å². The van der Waals surface area contributed by atoms with Crippen molar-refractivity contribution in [3.8, 4) is 0 Å². The maximum absolute atomic E-state index is 12.8. The summed E-state index contributed by atoms with van der Waals surface area (Å²) in [6.07, 6.45) is 2.31. The molecule has 1 saturated carbocycles. The maximum Gasteiger partial charge on any atom is 0.307 e. The first-order valence-electron chi connectivity index (χ1n) is 13.3. The van der Waals surface area contributed by atoms with E-state index in [2.05, 4.69) is 66.2 Å². The Balaban J connectivity index is 1.11. The van der Waals surface area contributed by atoms with Crippen molar-refractivity contribution in [3.63, 3.8) is 0 Å². The van der Waals surface area contributed by atoms with E-state index in [0.29, 0.717) is 6.54 Å². The lowest BCUT2D eigenvalue weighted by molar-refractivity contribution is -0.139. The highest BCUT2D eigenvalue weighted by atomic mass is 16.4. The number of nitrogens with zero attached hydrogens (tertiary/aromatic N) is 2. The van der Waals surface area contributed by atoms with Gasteiger partial charge in [-0.3, -0.25) is 35.4 Å². The van der Waals surface area contributed by atoms with Gasteiger partial charge in [0.05, 0.1) is 18.0 Å². The quantitative estimate of drug-likeness (QED) is 0.265. The van der Waals surface area contributed by atoms with Gasteiger partial charge >= 0.3 is 5.97 Å². The summed E-state index contributed by atoms with van der Waals surface area (Å²) in [7, 11) is 0. The van der Waals surface area contributed by atoms with Crippen molar-refractivity contribution < 1.29 is 14.7 Å². The fraction of sp³-hybridized carbons (Fsp3) is 0.680. The zero-order chi connectivity index (χ0) is 24.7. The van der Waals surface area contributed by atoms with Crippen LogP contribution in [0.3, 0.4) is 0 Å². The average molecular weight is 499 g/mol. The molecule has 0 bridgehead atoms. The molecule has 6 rings (SSSR count). The van der Waals surface area contributed by atoms with E-state index in [0.717, 1.165) is 70.8 Å². The van der Waals surface area contributed by atoms with Crippen LogP contribution in [0.2, 0.25) is 0 Å². The number of benzene rings is 1. The first kappa shape index (κ1) is 24.1. The number of hydrogen-bond acceptors (Lipinski definition) is 9. The summed E-state index contributed by atoms with van der Waals surface area (Å²) in [6.45, 7) is 7.52. The maximum atomic E-state index is 12.8. The third-order valence-corrected chi connectivity index (χ3v) is 8.88. The molecule has 0 aromatic heterocycles. The molecule has 1 aliphatic carbocycles. The van der Waals surface area contributed by atoms with E-state index in [9.17, 15) is 14.7 Å². The van der Waals surface area contributed by atoms with Gasteiger partial charge in [-0.15, -0.1) is 0 Å². The average Bonchev–Trinajstić information content (AvgIpc) is 3.59. The number of piperazine rings is 1. The number of hydrogen-bond donors (Lipinski definition) is 7. The van der Waals surface area contributed by atoms with Crippen LogP contribution in [-0.4, -0.2) is 91.1 Å². The normalized spacial score (nSPS) is 34.6. The minimum absolute atomic E-state index is 0.00405. The number of carbonyl (C=O) groups is 2. The summed E-state index contributed by atoms with van der Waals surface area (Å²) < 4.78 is 0. The van der Waals surface area contributed by atoms with Gasteiger partial charge in [-0.05, 0) is 42.4 Å². The second-order valence-corrected chi connectivity index (χ2v) is 11.1. The Hall–Kier alpha value is -2.28. The number of carboxylic acids is 1. The van der Waals surface area contributed by atoms with Crippen molar-refractivity contribution in [1.82, 2.24) is 36.6 Å². The molecule has 1 spiro atoms. The topological polar surface area (TPSA) is 133 Å². The van der Waals surface area contributed by atoms with Crippen LogP contribution < -0.4 is 32.1 Å². The van der Waals surface area contributed by atoms with Gasteiger partial charge in [-0.2, -0.15) is 0 Å². The highest BCUT2D eigenvalue weighted by Gasteiger charge is 2.59. The van der Waals surface area contributed by atoms with E-state index in [1.54, 1.807) is 0 Å². The van der Waals surface area contributed by atoms with Crippen molar-refractivity contribution in [2.24, 2.45) is 17.3 Å². The fourth-order valence-electron chi connectivity index (χ4n) is 6.54. The first-order chi connectivity index (χ1) is 17.5. The SMILES string of the molecule is O=C1NNCC2NC(N3CCC4(CC3)CC4C(=O)O)NC(Nc3ccc(CN4CCNCC4)cc3)C12. The van der Waals surface area contributed by atoms with Crippen LogP contribution >= 0.6 is 0 Å². The Kier molecular flexibility index (Phi) is 6.61. The second kappa shape index (κ2) is 9.88. The van der Waals surface area contributed by atoms with Crippen LogP contribution in [0.4, 0.5) is 5.69 Å². The number of fused-ring (bicyclic) bond motifs is 1. The number of carbonyl (C=O) groups excluding carboxylic acids is 1. The van der Waals surface area contributed by atoms with Gasteiger partial charge in [-0.1, -0.05) is 12.1 Å². The van der Waals surface area contributed by atoms with E-state index in [4.69, 9.17) is 0 Å². The molecule has 1 amide bonds. The lowest BCUT2D eigenvalue weighted by atomic mass is 9.89. The number of likely N-dealkylation sites (tertiary alicyclic amines) is 1. The molecule has 5 fully saturated rings. The zero-order valence-corrected chi connectivity index (χ0v) is 20.6. The van der Waals surface area contributed by atoms with Gasteiger partial charge < -0.3 is 15.7 Å². The molecule has 36 heavy (non-hydrogen) atoms. The monoisotopic (exact) mass is 498 g/mol. The molecule has 0 radical (unpaired) electrons. The second-order valence-electron chi connectivity index (χ2n) is 11.1. The van der Waals surface area contributed by atoms with Crippen molar-refractivity contribution in [2.45, 2.75) is 44.3 Å². The molecule has 5 unspecified atom stereocenters. The van der Waals surface area contributed by atoms with Gasteiger partial charge in [0.15, 0.2) is 0 Å². The zero-order valence-electron chi connectivity index (χ0n) is 20.6. The number of amides is 1. The minimum atomic E-state index is -0.650. The highest BCUT2D eigenvalue weighted by Crippen LogP contribution is 2.59. The van der Waals surface area contributed by atoms with Crippen molar-refractivity contribution in [2.75, 3.05) is 51.1 Å². The summed E-state index contributed by atoms with van der Waals surface area (Å²) >= 11 is 0. The van der Waals surface area contributed by atoms with Crippen LogP contribution in [0.25, 0.3) is 0 Å². The third-order valence-electron chi connectivity index (χ3n) is 8.88. The molecule has 5 atom stereocenters. The fourth-order valence-corrected chi connectivity index (χ4v) is 6.54. The van der Waals surface area contributed by atoms with Crippen LogP contribution in [0.1, 0.15) is 24.8 Å². The standard InChI is InChI=1S/C25H38N8O3/c34-22-20-19(14-27-31-22)29-24(33-9-5-25(6-10-33)13-18(25)23(35)36)30-21(20)28-17-3-1-16(2-4-17)15-32-11-7-26-8-12-32/h1-4,18-21,24,26-30H,5-15H2,(H,31,34)(H,35,36). The minimum Gasteiger partial charge on any atom is -0.481 e. The lowest BCUT2D eigenvalue weighted by Crippen LogP contribution is -2.77. The van der Waals surface area contributed by atoms with Crippen LogP contribution in [0.5, 0.6) is 0 Å². The smallest absolute Gasteiger partial charge is 0.307 e. The number of nitrogens with one attached hydrogen (secondary N) is 6. The molecule has 196 valence electrons. The van der Waals surface area contributed by atoms with E-state index in [1.807, 2.05) is 0 Å². The molecule has 1 aromatic rings. The van der Waals surface area contributed by atoms with Crippen LogP contribution in [0, 0.1) is 17.3 Å². The number of piperidine rings is 1. The predicted octanol–water partition coefficient (Wildman–Crippen LogP) is -0.888. The molecule has 11 heteroatoms. The number of rotatable bonds is 6. The summed E-state index contributed by atoms with van der Waals surface area (Å²) in [5.74, 6) is -1.12. The van der Waals surface area contributed by atoms with Crippen molar-refractivity contribution in [1.29, 1.82) is 0 Å². The Morgan fingerprint density at radius 3 is 2.53 bits per heavy atom. The Morgan fingerprint density at radius 2 is 1.83 bits per heavy atom. The van der Waals surface area contributed by atoms with Crippen molar-refractivity contribution >= 4 is 17.6 Å². The Labute approximate surface area is 211 Å². The first-order valence-corrected chi connectivity index (χ1v) is 13.3. The third kappa shape index (κ3) is 4.83. The molecule has 7 N–H and O–H groups in total. The summed E-state index contributed by atoms with van der Waals surface area (Å²) in [5, 5.41) is 23.7. The lowest BCUT2D eigenvalue weighted by Gasteiger charge is -2.50. The molecular weight excluding hydrogens is 460 g/mol. The summed E-state index contributed by atoms with van der Waals surface area (Å²) in [6, 6.07) is 8.53. The van der Waals surface area contributed by atoms with Gasteiger partial charge in [0.25, 0.3) is 0 Å². The summed E-state index contributed by atoms with van der Waals surface area (Å²) in [5.41, 5.74) is 8.08. The molecule has 1 aromatic carbocycles. The molecule has 5 aliphatic rings. The van der Waals surface area contributed by atoms with E-state index < -0.39 is 5.97 Å². The molecule has 4 saturated heterocycles. The van der Waals surface area contributed by atoms with E-state index in [-0.39, 0.29) is 41.7 Å². The predicted molar refractivity (Wildman–Crippen MR) is 134 cm³/mol. The van der Waals surface area contributed by atoms with Crippen LogP contribution in [-0.2, 0) is 16.1 Å². The van der Waals surface area contributed by atoms with Gasteiger partial charge in [0.1, 0.15) is 6.29 Å². The molecule has 4 aliphatic heterocycles. The highest BCUT2D eigenvalue weighted by molar-refractivity contribution is 5.81. The molecular formula is C25H38N8O3. The molecule has 4 heterocycles. The van der Waals surface area contributed by atoms with Crippen molar-refractivity contribution in [3.05, 3.63) is 29.8 Å². The summed E-state index contributed by atoms with van der Waals surface area (Å²) in [4.78, 5) is 29.1. The number of carboxylic acid groups (broad SMARTS) is 1. The molecule has 11 nitrogen and oxygen atoms in total. The number of aliphatic carboxylic acids is 1. The van der Waals surface area contributed by atoms with E-state index in [1.165, 1.54) is 5.56 Å². The number of anilines is 1. The largest absolute Gasteiger partial charge is 0.481 e. The van der Waals surface area contributed by atoms with Gasteiger partial charge in [-0.25, -0.2) is 5.43 Å². The Bertz CT molecular complexity index is 961. The Morgan fingerprint density at radius 1 is 1.08 bits per heavy atom. The number of hydrazine groups is 1.